The van der Waals surface area contributed by atoms with E-state index < -0.39 is 0 Å². The van der Waals surface area contributed by atoms with E-state index in [1.54, 1.807) is 0 Å². The number of carbonyl (C=O) groups excluding carboxylic acids is 1. The topological polar surface area (TPSA) is 32.3 Å². The minimum Gasteiger partial charge on any atom is -0.341 e. The lowest BCUT2D eigenvalue weighted by Crippen LogP contribution is -2.41. The van der Waals surface area contributed by atoms with Crippen molar-refractivity contribution in [3.8, 4) is 0 Å². The standard InChI is InChI=1S/C14H26N2O/c1-14(2,3)7-6-13(17)16-9-11-5-4-8-15-12(11)10-16/h11-12,15H,4-10H2,1-3H3. The molecule has 0 bridgehead atoms. The summed E-state index contributed by atoms with van der Waals surface area (Å²) in [5.74, 6) is 1.07. The van der Waals surface area contributed by atoms with Gasteiger partial charge in [0.15, 0.2) is 0 Å². The number of likely N-dealkylation sites (tertiary alicyclic amines) is 1. The van der Waals surface area contributed by atoms with Gasteiger partial charge in [0, 0.05) is 25.6 Å². The molecule has 0 radical (unpaired) electrons. The normalized spacial score (nSPS) is 29.2. The van der Waals surface area contributed by atoms with Crippen LogP contribution in [0, 0.1) is 11.3 Å². The molecule has 0 spiro atoms. The fraction of sp³-hybridized carbons (Fsp3) is 0.929. The van der Waals surface area contributed by atoms with Gasteiger partial charge in [-0.2, -0.15) is 0 Å². The van der Waals surface area contributed by atoms with E-state index in [2.05, 4.69) is 31.0 Å². The average molecular weight is 238 g/mol. The number of fused-ring (bicyclic) bond motifs is 1. The first kappa shape index (κ1) is 12.9. The van der Waals surface area contributed by atoms with Crippen LogP contribution >= 0.6 is 0 Å². The third-order valence-electron chi connectivity index (χ3n) is 4.04. The number of carbonyl (C=O) groups is 1. The first-order valence-electron chi connectivity index (χ1n) is 6.97. The van der Waals surface area contributed by atoms with Gasteiger partial charge in [0.1, 0.15) is 0 Å². The average Bonchev–Trinajstić information content (AvgIpc) is 2.68. The van der Waals surface area contributed by atoms with Gasteiger partial charge >= 0.3 is 0 Å². The van der Waals surface area contributed by atoms with Crippen LogP contribution in [-0.4, -0.2) is 36.5 Å². The van der Waals surface area contributed by atoms with Crippen LogP contribution in [0.25, 0.3) is 0 Å². The largest absolute Gasteiger partial charge is 0.341 e. The zero-order chi connectivity index (χ0) is 12.5. The summed E-state index contributed by atoms with van der Waals surface area (Å²) in [7, 11) is 0. The lowest BCUT2D eigenvalue weighted by molar-refractivity contribution is -0.130. The molecule has 3 heteroatoms. The van der Waals surface area contributed by atoms with Gasteiger partial charge in [-0.25, -0.2) is 0 Å². The van der Waals surface area contributed by atoms with Crippen molar-refractivity contribution in [2.24, 2.45) is 11.3 Å². The molecule has 2 aliphatic heterocycles. The summed E-state index contributed by atoms with van der Waals surface area (Å²) < 4.78 is 0. The quantitative estimate of drug-likeness (QED) is 0.798. The summed E-state index contributed by atoms with van der Waals surface area (Å²) in [5, 5.41) is 3.54. The van der Waals surface area contributed by atoms with E-state index in [4.69, 9.17) is 0 Å². The van der Waals surface area contributed by atoms with Crippen molar-refractivity contribution in [1.82, 2.24) is 10.2 Å². The molecule has 2 atom stereocenters. The van der Waals surface area contributed by atoms with Crippen LogP contribution in [0.2, 0.25) is 0 Å². The molecule has 2 aliphatic rings. The lowest BCUT2D eigenvalue weighted by atomic mass is 9.90. The van der Waals surface area contributed by atoms with E-state index in [1.807, 2.05) is 0 Å². The maximum absolute atomic E-state index is 12.1. The van der Waals surface area contributed by atoms with E-state index in [1.165, 1.54) is 12.8 Å². The van der Waals surface area contributed by atoms with E-state index in [0.717, 1.165) is 26.1 Å². The van der Waals surface area contributed by atoms with Crippen LogP contribution in [0.15, 0.2) is 0 Å². The lowest BCUT2D eigenvalue weighted by Gasteiger charge is -2.24. The van der Waals surface area contributed by atoms with Gasteiger partial charge in [-0.3, -0.25) is 4.79 Å². The Morgan fingerprint density at radius 3 is 2.76 bits per heavy atom. The zero-order valence-electron chi connectivity index (χ0n) is 11.5. The van der Waals surface area contributed by atoms with Crippen LogP contribution in [0.5, 0.6) is 0 Å². The number of amides is 1. The third kappa shape index (κ3) is 3.44. The Balaban J connectivity index is 1.81. The smallest absolute Gasteiger partial charge is 0.222 e. The molecule has 2 fully saturated rings. The molecule has 98 valence electrons. The number of hydrogen-bond donors (Lipinski definition) is 1. The number of nitrogens with zero attached hydrogens (tertiary/aromatic N) is 1. The van der Waals surface area contributed by atoms with Gasteiger partial charge in [-0.1, -0.05) is 20.8 Å². The van der Waals surface area contributed by atoms with Gasteiger partial charge in [-0.15, -0.1) is 0 Å². The molecule has 2 rings (SSSR count). The van der Waals surface area contributed by atoms with Crippen molar-refractivity contribution in [2.45, 2.75) is 52.5 Å². The predicted octanol–water partition coefficient (Wildman–Crippen LogP) is 2.02. The minimum atomic E-state index is 0.264. The number of nitrogens with one attached hydrogen (secondary N) is 1. The van der Waals surface area contributed by atoms with Crippen molar-refractivity contribution in [3.63, 3.8) is 0 Å². The first-order chi connectivity index (χ1) is 7.96. The van der Waals surface area contributed by atoms with E-state index in [0.29, 0.717) is 24.3 Å². The Hall–Kier alpha value is -0.570. The molecule has 3 nitrogen and oxygen atoms in total. The van der Waals surface area contributed by atoms with Crippen LogP contribution in [0.4, 0.5) is 0 Å². The SMILES string of the molecule is CC(C)(C)CCC(=O)N1CC2CCCNC2C1. The number of piperidine rings is 1. The Bertz CT molecular complexity index is 268. The molecule has 1 N–H and O–H groups in total. The Morgan fingerprint density at radius 1 is 1.35 bits per heavy atom. The summed E-state index contributed by atoms with van der Waals surface area (Å²) in [6, 6.07) is 0.572. The second-order valence-corrected chi connectivity index (χ2v) is 6.82. The molecule has 0 aliphatic carbocycles. The number of rotatable bonds is 2. The van der Waals surface area contributed by atoms with Crippen molar-refractivity contribution in [1.29, 1.82) is 0 Å². The fourth-order valence-electron chi connectivity index (χ4n) is 2.89. The maximum atomic E-state index is 12.1. The molecule has 0 aromatic heterocycles. The molecule has 2 unspecified atom stereocenters. The van der Waals surface area contributed by atoms with E-state index in [-0.39, 0.29) is 5.41 Å². The third-order valence-corrected chi connectivity index (χ3v) is 4.04. The molecule has 17 heavy (non-hydrogen) atoms. The summed E-state index contributed by atoms with van der Waals surface area (Å²) in [6.45, 7) is 9.66. The zero-order valence-corrected chi connectivity index (χ0v) is 11.5. The predicted molar refractivity (Wildman–Crippen MR) is 69.8 cm³/mol. The molecule has 2 saturated heterocycles. The molecule has 0 aromatic carbocycles. The van der Waals surface area contributed by atoms with E-state index in [9.17, 15) is 4.79 Å². The fourth-order valence-corrected chi connectivity index (χ4v) is 2.89. The van der Waals surface area contributed by atoms with Crippen molar-refractivity contribution in [3.05, 3.63) is 0 Å². The van der Waals surface area contributed by atoms with Crippen molar-refractivity contribution < 1.29 is 4.79 Å². The summed E-state index contributed by atoms with van der Waals surface area (Å²) >= 11 is 0. The van der Waals surface area contributed by atoms with Crippen LogP contribution < -0.4 is 5.32 Å². The Morgan fingerprint density at radius 2 is 2.12 bits per heavy atom. The van der Waals surface area contributed by atoms with E-state index >= 15 is 0 Å². The highest BCUT2D eigenvalue weighted by Crippen LogP contribution is 2.27. The summed E-state index contributed by atoms with van der Waals surface area (Å²) in [4.78, 5) is 14.2. The monoisotopic (exact) mass is 238 g/mol. The van der Waals surface area contributed by atoms with Gasteiger partial charge in [0.2, 0.25) is 5.91 Å². The second kappa shape index (κ2) is 4.97. The van der Waals surface area contributed by atoms with Crippen molar-refractivity contribution in [2.75, 3.05) is 19.6 Å². The first-order valence-corrected chi connectivity index (χ1v) is 6.97. The Kier molecular flexibility index (Phi) is 3.76. The highest BCUT2D eigenvalue weighted by Gasteiger charge is 2.36. The van der Waals surface area contributed by atoms with Crippen LogP contribution in [-0.2, 0) is 4.79 Å². The van der Waals surface area contributed by atoms with Crippen LogP contribution in [0.3, 0.4) is 0 Å². The van der Waals surface area contributed by atoms with Crippen molar-refractivity contribution >= 4 is 5.91 Å². The highest BCUT2D eigenvalue weighted by atomic mass is 16.2. The van der Waals surface area contributed by atoms with Crippen LogP contribution in [0.1, 0.15) is 46.5 Å². The molecule has 2 heterocycles. The molecule has 1 amide bonds. The summed E-state index contributed by atoms with van der Waals surface area (Å²) in [6.07, 6.45) is 4.26. The maximum Gasteiger partial charge on any atom is 0.222 e. The number of hydrogen-bond acceptors (Lipinski definition) is 2. The van der Waals surface area contributed by atoms with Gasteiger partial charge in [0.25, 0.3) is 0 Å². The van der Waals surface area contributed by atoms with Gasteiger partial charge in [-0.05, 0) is 37.1 Å². The molecule has 0 aromatic rings. The summed E-state index contributed by atoms with van der Waals surface area (Å²) in [5.41, 5.74) is 0.264. The highest BCUT2D eigenvalue weighted by molar-refractivity contribution is 5.76. The minimum absolute atomic E-state index is 0.264. The van der Waals surface area contributed by atoms with Gasteiger partial charge < -0.3 is 10.2 Å². The molecule has 0 saturated carbocycles. The Labute approximate surface area is 105 Å². The molecular weight excluding hydrogens is 212 g/mol. The van der Waals surface area contributed by atoms with Gasteiger partial charge in [0.05, 0.1) is 0 Å². The second-order valence-electron chi connectivity index (χ2n) is 6.82. The molecular formula is C14H26N2O.